The molecule has 0 aromatic heterocycles. The van der Waals surface area contributed by atoms with E-state index in [1.165, 1.54) is 25.9 Å². The molecule has 1 aliphatic rings. The van der Waals surface area contributed by atoms with Crippen LogP contribution in [0.2, 0.25) is 0 Å². The van der Waals surface area contributed by atoms with Crippen LogP contribution in [0.25, 0.3) is 0 Å². The number of likely N-dealkylation sites (tertiary alicyclic amines) is 1. The van der Waals surface area contributed by atoms with Gasteiger partial charge in [0.1, 0.15) is 0 Å². The van der Waals surface area contributed by atoms with Crippen molar-refractivity contribution in [1.82, 2.24) is 15.5 Å². The van der Waals surface area contributed by atoms with Gasteiger partial charge in [0, 0.05) is 26.7 Å². The summed E-state index contributed by atoms with van der Waals surface area (Å²) in [6.45, 7) is 13.6. The average molecular weight is 313 g/mol. The molecule has 0 saturated carbocycles. The lowest BCUT2D eigenvalue weighted by atomic mass is 9.89. The van der Waals surface area contributed by atoms with Crippen molar-refractivity contribution in [2.24, 2.45) is 16.3 Å². The Balaban J connectivity index is 2.51. The number of methoxy groups -OCH3 is 1. The zero-order valence-corrected chi connectivity index (χ0v) is 15.4. The first kappa shape index (κ1) is 19.2. The second-order valence-corrected chi connectivity index (χ2v) is 7.46. The summed E-state index contributed by atoms with van der Waals surface area (Å²) >= 11 is 0. The van der Waals surface area contributed by atoms with Gasteiger partial charge in [-0.15, -0.1) is 0 Å². The van der Waals surface area contributed by atoms with Crippen molar-refractivity contribution in [1.29, 1.82) is 0 Å². The molecule has 0 aliphatic carbocycles. The Hall–Kier alpha value is -0.810. The molecule has 22 heavy (non-hydrogen) atoms. The monoisotopic (exact) mass is 312 g/mol. The van der Waals surface area contributed by atoms with Crippen molar-refractivity contribution < 1.29 is 4.74 Å². The molecule has 0 radical (unpaired) electrons. The summed E-state index contributed by atoms with van der Waals surface area (Å²) in [7, 11) is 3.97. The van der Waals surface area contributed by atoms with Gasteiger partial charge in [-0.2, -0.15) is 0 Å². The van der Waals surface area contributed by atoms with Crippen molar-refractivity contribution in [3.8, 4) is 0 Å². The fourth-order valence-electron chi connectivity index (χ4n) is 2.90. The normalized spacial score (nSPS) is 22.5. The third-order valence-electron chi connectivity index (χ3n) is 4.29. The molecule has 0 spiro atoms. The largest absolute Gasteiger partial charge is 0.379 e. The molecule has 2 unspecified atom stereocenters. The smallest absolute Gasteiger partial charge is 0.191 e. The molecule has 1 aliphatic heterocycles. The summed E-state index contributed by atoms with van der Waals surface area (Å²) in [5.41, 5.74) is 0.0989. The quantitative estimate of drug-likeness (QED) is 0.581. The number of guanidine groups is 1. The van der Waals surface area contributed by atoms with E-state index in [-0.39, 0.29) is 11.5 Å². The Bertz CT molecular complexity index is 338. The second kappa shape index (κ2) is 9.36. The van der Waals surface area contributed by atoms with Crippen LogP contribution in [-0.2, 0) is 4.74 Å². The predicted molar refractivity (Wildman–Crippen MR) is 94.5 cm³/mol. The topological polar surface area (TPSA) is 48.9 Å². The molecule has 2 atom stereocenters. The third kappa shape index (κ3) is 6.97. The maximum absolute atomic E-state index is 5.58. The van der Waals surface area contributed by atoms with Gasteiger partial charge in [-0.25, -0.2) is 0 Å². The number of piperidine rings is 1. The lowest BCUT2D eigenvalue weighted by Gasteiger charge is -2.30. The molecule has 5 heteroatoms. The number of rotatable bonds is 6. The van der Waals surface area contributed by atoms with Crippen LogP contribution in [0.15, 0.2) is 4.99 Å². The minimum absolute atomic E-state index is 0.0989. The van der Waals surface area contributed by atoms with Crippen LogP contribution in [0.4, 0.5) is 0 Å². The highest BCUT2D eigenvalue weighted by atomic mass is 16.5. The Morgan fingerprint density at radius 2 is 2.09 bits per heavy atom. The van der Waals surface area contributed by atoms with E-state index in [0.29, 0.717) is 12.5 Å². The number of ether oxygens (including phenoxy) is 1. The van der Waals surface area contributed by atoms with E-state index in [9.17, 15) is 0 Å². The molecule has 0 amide bonds. The van der Waals surface area contributed by atoms with Crippen LogP contribution in [0.5, 0.6) is 0 Å². The lowest BCUT2D eigenvalue weighted by Crippen LogP contribution is -2.44. The van der Waals surface area contributed by atoms with Crippen LogP contribution in [-0.4, -0.2) is 63.8 Å². The molecule has 1 heterocycles. The van der Waals surface area contributed by atoms with Crippen molar-refractivity contribution in [2.75, 3.05) is 46.9 Å². The van der Waals surface area contributed by atoms with E-state index < -0.39 is 0 Å². The average Bonchev–Trinajstić information content (AvgIpc) is 2.44. The first-order valence-electron chi connectivity index (χ1n) is 8.60. The summed E-state index contributed by atoms with van der Waals surface area (Å²) in [4.78, 5) is 7.13. The SMILES string of the molecule is CCNC(=NCC(OC)C(C)(C)C)NCC1CCCN(C)C1. The Morgan fingerprint density at radius 3 is 2.64 bits per heavy atom. The number of aliphatic imine (C=N–C) groups is 1. The molecular formula is C17H36N4O. The molecule has 130 valence electrons. The van der Waals surface area contributed by atoms with Gasteiger partial charge in [0.25, 0.3) is 0 Å². The first-order chi connectivity index (χ1) is 10.4. The Morgan fingerprint density at radius 1 is 1.36 bits per heavy atom. The number of nitrogens with one attached hydrogen (secondary N) is 2. The molecular weight excluding hydrogens is 276 g/mol. The maximum Gasteiger partial charge on any atom is 0.191 e. The Labute approximate surface area is 136 Å². The summed E-state index contributed by atoms with van der Waals surface area (Å²) in [5.74, 6) is 1.62. The summed E-state index contributed by atoms with van der Waals surface area (Å²) in [5, 5.41) is 6.83. The lowest BCUT2D eigenvalue weighted by molar-refractivity contribution is 0.0241. The van der Waals surface area contributed by atoms with Gasteiger partial charge in [0.15, 0.2) is 5.96 Å². The van der Waals surface area contributed by atoms with Gasteiger partial charge in [0.2, 0.25) is 0 Å². The van der Waals surface area contributed by atoms with Crippen LogP contribution in [0.3, 0.4) is 0 Å². The fourth-order valence-corrected chi connectivity index (χ4v) is 2.90. The molecule has 1 fully saturated rings. The minimum Gasteiger partial charge on any atom is -0.379 e. The molecule has 5 nitrogen and oxygen atoms in total. The molecule has 0 bridgehead atoms. The van der Waals surface area contributed by atoms with Gasteiger partial charge < -0.3 is 20.3 Å². The summed E-state index contributed by atoms with van der Waals surface area (Å²) < 4.78 is 5.58. The van der Waals surface area contributed by atoms with Crippen LogP contribution >= 0.6 is 0 Å². The molecule has 1 saturated heterocycles. The summed E-state index contributed by atoms with van der Waals surface area (Å²) in [6.07, 6.45) is 2.73. The zero-order chi connectivity index (χ0) is 16.6. The first-order valence-corrected chi connectivity index (χ1v) is 8.60. The van der Waals surface area contributed by atoms with Crippen molar-refractivity contribution >= 4 is 5.96 Å². The van der Waals surface area contributed by atoms with Crippen molar-refractivity contribution in [2.45, 2.75) is 46.6 Å². The van der Waals surface area contributed by atoms with Crippen molar-refractivity contribution in [3.05, 3.63) is 0 Å². The van der Waals surface area contributed by atoms with Gasteiger partial charge in [-0.05, 0) is 44.7 Å². The minimum atomic E-state index is 0.0989. The zero-order valence-electron chi connectivity index (χ0n) is 15.4. The van der Waals surface area contributed by atoms with Gasteiger partial charge in [-0.1, -0.05) is 20.8 Å². The van der Waals surface area contributed by atoms with Crippen LogP contribution < -0.4 is 10.6 Å². The highest BCUT2D eigenvalue weighted by molar-refractivity contribution is 5.79. The third-order valence-corrected chi connectivity index (χ3v) is 4.29. The van der Waals surface area contributed by atoms with E-state index in [2.05, 4.69) is 50.3 Å². The number of hydrogen-bond donors (Lipinski definition) is 2. The van der Waals surface area contributed by atoms with E-state index in [4.69, 9.17) is 9.73 Å². The van der Waals surface area contributed by atoms with Gasteiger partial charge in [0.05, 0.1) is 12.6 Å². The second-order valence-electron chi connectivity index (χ2n) is 7.46. The van der Waals surface area contributed by atoms with Crippen LogP contribution in [0, 0.1) is 11.3 Å². The fraction of sp³-hybridized carbons (Fsp3) is 0.941. The van der Waals surface area contributed by atoms with E-state index in [1.807, 2.05) is 0 Å². The van der Waals surface area contributed by atoms with E-state index in [0.717, 1.165) is 19.0 Å². The highest BCUT2D eigenvalue weighted by Crippen LogP contribution is 2.21. The van der Waals surface area contributed by atoms with E-state index in [1.54, 1.807) is 7.11 Å². The van der Waals surface area contributed by atoms with E-state index >= 15 is 0 Å². The molecule has 0 aromatic carbocycles. The van der Waals surface area contributed by atoms with Gasteiger partial charge in [-0.3, -0.25) is 4.99 Å². The number of nitrogens with zero attached hydrogens (tertiary/aromatic N) is 2. The summed E-state index contributed by atoms with van der Waals surface area (Å²) in [6, 6.07) is 0. The predicted octanol–water partition coefficient (Wildman–Crippen LogP) is 1.94. The molecule has 1 rings (SSSR count). The van der Waals surface area contributed by atoms with Gasteiger partial charge >= 0.3 is 0 Å². The van der Waals surface area contributed by atoms with Crippen LogP contribution in [0.1, 0.15) is 40.5 Å². The molecule has 2 N–H and O–H groups in total. The standard InChI is InChI=1S/C17H36N4O/c1-7-18-16(20-12-15(22-6)17(2,3)4)19-11-14-9-8-10-21(5)13-14/h14-15H,7-13H2,1-6H3,(H2,18,19,20). The maximum atomic E-state index is 5.58. The Kier molecular flexibility index (Phi) is 8.18. The molecule has 0 aromatic rings. The van der Waals surface area contributed by atoms with Crippen molar-refractivity contribution in [3.63, 3.8) is 0 Å². The highest BCUT2D eigenvalue weighted by Gasteiger charge is 2.24. The number of hydrogen-bond acceptors (Lipinski definition) is 3.